The van der Waals surface area contributed by atoms with E-state index in [0.29, 0.717) is 11.5 Å². The fourth-order valence-electron chi connectivity index (χ4n) is 2.19. The summed E-state index contributed by atoms with van der Waals surface area (Å²) in [5.74, 6) is 0.482. The van der Waals surface area contributed by atoms with Gasteiger partial charge >= 0.3 is 0 Å². The SMILES string of the molecule is O=Cc1cccc(C(CF)C2CCC2)c1. The van der Waals surface area contributed by atoms with Crippen LogP contribution in [0.1, 0.15) is 41.1 Å². The van der Waals surface area contributed by atoms with Crippen LogP contribution < -0.4 is 0 Å². The number of halogens is 1. The van der Waals surface area contributed by atoms with Crippen molar-refractivity contribution in [1.29, 1.82) is 0 Å². The molecule has 1 nitrogen and oxygen atoms in total. The van der Waals surface area contributed by atoms with E-state index >= 15 is 0 Å². The Morgan fingerprint density at radius 3 is 2.80 bits per heavy atom. The van der Waals surface area contributed by atoms with Crippen LogP contribution in [0.2, 0.25) is 0 Å². The van der Waals surface area contributed by atoms with Gasteiger partial charge in [-0.05, 0) is 30.4 Å². The molecule has 1 aromatic rings. The van der Waals surface area contributed by atoms with Gasteiger partial charge in [0.25, 0.3) is 0 Å². The Bertz CT molecular complexity index is 344. The van der Waals surface area contributed by atoms with E-state index < -0.39 is 0 Å². The highest BCUT2D eigenvalue weighted by Gasteiger charge is 2.28. The van der Waals surface area contributed by atoms with Gasteiger partial charge in [-0.2, -0.15) is 0 Å². The van der Waals surface area contributed by atoms with Gasteiger partial charge in [-0.1, -0.05) is 24.6 Å². The maximum atomic E-state index is 13.0. The van der Waals surface area contributed by atoms with Crippen LogP contribution >= 0.6 is 0 Å². The first-order valence-electron chi connectivity index (χ1n) is 5.46. The van der Waals surface area contributed by atoms with Crippen LogP contribution in [0.3, 0.4) is 0 Å². The fraction of sp³-hybridized carbons (Fsp3) is 0.462. The van der Waals surface area contributed by atoms with Crippen LogP contribution in [0.5, 0.6) is 0 Å². The molecule has 0 radical (unpaired) electrons. The Hall–Kier alpha value is -1.18. The summed E-state index contributed by atoms with van der Waals surface area (Å²) in [6, 6.07) is 7.33. The summed E-state index contributed by atoms with van der Waals surface area (Å²) in [6.45, 7) is -0.313. The maximum Gasteiger partial charge on any atom is 0.150 e. The zero-order chi connectivity index (χ0) is 10.7. The second-order valence-corrected chi connectivity index (χ2v) is 4.24. The number of carbonyl (C=O) groups excluding carboxylic acids is 1. The van der Waals surface area contributed by atoms with Gasteiger partial charge in [-0.15, -0.1) is 0 Å². The highest BCUT2D eigenvalue weighted by Crippen LogP contribution is 2.39. The summed E-state index contributed by atoms with van der Waals surface area (Å²) >= 11 is 0. The lowest BCUT2D eigenvalue weighted by atomic mass is 9.73. The molecule has 1 aromatic carbocycles. The molecule has 2 rings (SSSR count). The van der Waals surface area contributed by atoms with E-state index in [1.807, 2.05) is 18.2 Å². The van der Waals surface area contributed by atoms with Crippen molar-refractivity contribution in [3.05, 3.63) is 35.4 Å². The molecule has 1 atom stereocenters. The van der Waals surface area contributed by atoms with E-state index in [-0.39, 0.29) is 12.6 Å². The van der Waals surface area contributed by atoms with Crippen LogP contribution in [-0.4, -0.2) is 13.0 Å². The normalized spacial score (nSPS) is 18.2. The Kier molecular flexibility index (Phi) is 3.14. The average molecular weight is 206 g/mol. The molecule has 2 heteroatoms. The first kappa shape index (κ1) is 10.3. The van der Waals surface area contributed by atoms with Crippen molar-refractivity contribution in [2.45, 2.75) is 25.2 Å². The van der Waals surface area contributed by atoms with E-state index in [9.17, 15) is 9.18 Å². The number of benzene rings is 1. The number of hydrogen-bond donors (Lipinski definition) is 0. The summed E-state index contributed by atoms with van der Waals surface area (Å²) in [4.78, 5) is 10.6. The lowest BCUT2D eigenvalue weighted by molar-refractivity contribution is 0.112. The van der Waals surface area contributed by atoms with Crippen molar-refractivity contribution in [1.82, 2.24) is 0 Å². The third kappa shape index (κ3) is 2.09. The number of rotatable bonds is 4. The zero-order valence-corrected chi connectivity index (χ0v) is 8.66. The van der Waals surface area contributed by atoms with Crippen molar-refractivity contribution < 1.29 is 9.18 Å². The van der Waals surface area contributed by atoms with Gasteiger partial charge in [-0.3, -0.25) is 9.18 Å². The average Bonchev–Trinajstić information content (AvgIpc) is 2.23. The largest absolute Gasteiger partial charge is 0.298 e. The lowest BCUT2D eigenvalue weighted by Gasteiger charge is -2.32. The van der Waals surface area contributed by atoms with Crippen LogP contribution in [-0.2, 0) is 0 Å². The summed E-state index contributed by atoms with van der Waals surface area (Å²) in [5.41, 5.74) is 1.62. The molecule has 0 aromatic heterocycles. The minimum atomic E-state index is -0.313. The Balaban J connectivity index is 2.20. The number of hydrogen-bond acceptors (Lipinski definition) is 1. The summed E-state index contributed by atoms with van der Waals surface area (Å²) < 4.78 is 13.0. The molecule has 0 bridgehead atoms. The quantitative estimate of drug-likeness (QED) is 0.690. The molecule has 1 aliphatic carbocycles. The molecule has 0 saturated heterocycles. The van der Waals surface area contributed by atoms with Gasteiger partial charge < -0.3 is 0 Å². The Morgan fingerprint density at radius 1 is 1.47 bits per heavy atom. The van der Waals surface area contributed by atoms with Crippen LogP contribution in [0, 0.1) is 5.92 Å². The van der Waals surface area contributed by atoms with Gasteiger partial charge in [0.2, 0.25) is 0 Å². The van der Waals surface area contributed by atoms with Gasteiger partial charge in [0.15, 0.2) is 0 Å². The molecule has 0 heterocycles. The molecular weight excluding hydrogens is 191 g/mol. The molecule has 0 aliphatic heterocycles. The Labute approximate surface area is 89.3 Å². The van der Waals surface area contributed by atoms with Crippen molar-refractivity contribution in [2.24, 2.45) is 5.92 Å². The third-order valence-electron chi connectivity index (χ3n) is 3.36. The molecule has 1 fully saturated rings. The van der Waals surface area contributed by atoms with E-state index in [4.69, 9.17) is 0 Å². The molecule has 80 valence electrons. The zero-order valence-electron chi connectivity index (χ0n) is 8.66. The number of carbonyl (C=O) groups is 1. The van der Waals surface area contributed by atoms with Crippen molar-refractivity contribution in [2.75, 3.05) is 6.67 Å². The smallest absolute Gasteiger partial charge is 0.150 e. The van der Waals surface area contributed by atoms with Gasteiger partial charge in [0, 0.05) is 11.5 Å². The van der Waals surface area contributed by atoms with Crippen LogP contribution in [0.15, 0.2) is 24.3 Å². The summed E-state index contributed by atoms with van der Waals surface area (Å²) in [5, 5.41) is 0. The second-order valence-electron chi connectivity index (χ2n) is 4.24. The standard InChI is InChI=1S/C13H15FO/c14-8-13(11-4-2-5-11)12-6-1-3-10(7-12)9-15/h1,3,6-7,9,11,13H,2,4-5,8H2. The predicted molar refractivity (Wildman–Crippen MR) is 57.9 cm³/mol. The van der Waals surface area contributed by atoms with Crippen molar-refractivity contribution in [3.63, 3.8) is 0 Å². The molecular formula is C13H15FO. The van der Waals surface area contributed by atoms with Gasteiger partial charge in [-0.25, -0.2) is 0 Å². The minimum absolute atomic E-state index is 0.00125. The highest BCUT2D eigenvalue weighted by molar-refractivity contribution is 5.75. The Morgan fingerprint density at radius 2 is 2.27 bits per heavy atom. The first-order chi connectivity index (χ1) is 7.35. The monoisotopic (exact) mass is 206 g/mol. The van der Waals surface area contributed by atoms with Crippen molar-refractivity contribution >= 4 is 6.29 Å². The van der Waals surface area contributed by atoms with E-state index in [0.717, 1.165) is 24.7 Å². The van der Waals surface area contributed by atoms with Crippen LogP contribution in [0.25, 0.3) is 0 Å². The summed E-state index contributed by atoms with van der Waals surface area (Å²) in [6.07, 6.45) is 4.29. The van der Waals surface area contributed by atoms with E-state index in [2.05, 4.69) is 0 Å². The molecule has 0 spiro atoms. The molecule has 1 unspecified atom stereocenters. The highest BCUT2D eigenvalue weighted by atomic mass is 19.1. The van der Waals surface area contributed by atoms with Gasteiger partial charge in [0.1, 0.15) is 6.29 Å². The predicted octanol–water partition coefficient (Wildman–Crippen LogP) is 3.35. The fourth-order valence-corrected chi connectivity index (χ4v) is 2.19. The third-order valence-corrected chi connectivity index (χ3v) is 3.36. The second kappa shape index (κ2) is 4.56. The number of aldehydes is 1. The van der Waals surface area contributed by atoms with E-state index in [1.165, 1.54) is 6.42 Å². The molecule has 0 N–H and O–H groups in total. The first-order valence-corrected chi connectivity index (χ1v) is 5.46. The molecule has 0 amide bonds. The maximum absolute atomic E-state index is 13.0. The molecule has 1 aliphatic rings. The van der Waals surface area contributed by atoms with Gasteiger partial charge in [0.05, 0.1) is 6.67 Å². The molecule has 15 heavy (non-hydrogen) atoms. The molecule has 1 saturated carbocycles. The topological polar surface area (TPSA) is 17.1 Å². The van der Waals surface area contributed by atoms with E-state index in [1.54, 1.807) is 6.07 Å². The minimum Gasteiger partial charge on any atom is -0.298 e. The van der Waals surface area contributed by atoms with Crippen molar-refractivity contribution in [3.8, 4) is 0 Å². The number of alkyl halides is 1. The van der Waals surface area contributed by atoms with Crippen LogP contribution in [0.4, 0.5) is 4.39 Å². The lowest BCUT2D eigenvalue weighted by Crippen LogP contribution is -2.21. The summed E-state index contributed by atoms with van der Waals surface area (Å²) in [7, 11) is 0.